The van der Waals surface area contributed by atoms with Crippen molar-refractivity contribution in [1.29, 1.82) is 0 Å². The molecule has 5 nitrogen and oxygen atoms in total. The fourth-order valence-electron chi connectivity index (χ4n) is 3.00. The number of halogens is 1. The lowest BCUT2D eigenvalue weighted by Crippen LogP contribution is -2.48. The largest absolute Gasteiger partial charge is 0.495 e. The Balaban J connectivity index is 1.79. The molecule has 2 aromatic rings. The summed E-state index contributed by atoms with van der Waals surface area (Å²) < 4.78 is 33.5. The van der Waals surface area contributed by atoms with E-state index in [-0.39, 0.29) is 4.90 Å². The van der Waals surface area contributed by atoms with Gasteiger partial charge in [0.05, 0.1) is 7.11 Å². The van der Waals surface area contributed by atoms with Crippen molar-refractivity contribution in [2.45, 2.75) is 11.8 Å². The van der Waals surface area contributed by atoms with Crippen molar-refractivity contribution < 1.29 is 13.2 Å². The molecule has 7 heteroatoms. The first kappa shape index (κ1) is 18.2. The highest BCUT2D eigenvalue weighted by molar-refractivity contribution is 9.10. The molecule has 1 aliphatic rings. The van der Waals surface area contributed by atoms with Crippen molar-refractivity contribution in [2.24, 2.45) is 0 Å². The Hall–Kier alpha value is -1.57. The SMILES string of the molecule is COc1ccc(Br)cc1S(=O)(=O)N1CCN(c2cccc(C)c2)CC1. The third kappa shape index (κ3) is 3.83. The van der Waals surface area contributed by atoms with E-state index in [2.05, 4.69) is 46.0 Å². The number of hydrogen-bond acceptors (Lipinski definition) is 4. The third-order valence-corrected chi connectivity index (χ3v) is 6.76. The van der Waals surface area contributed by atoms with Crippen molar-refractivity contribution in [3.05, 3.63) is 52.5 Å². The van der Waals surface area contributed by atoms with Gasteiger partial charge in [0.25, 0.3) is 0 Å². The Morgan fingerprint density at radius 3 is 2.40 bits per heavy atom. The number of benzene rings is 2. The predicted molar refractivity (Wildman–Crippen MR) is 103 cm³/mol. The van der Waals surface area contributed by atoms with Crippen molar-refractivity contribution in [3.63, 3.8) is 0 Å². The second kappa shape index (κ2) is 7.35. The predicted octanol–water partition coefficient (Wildman–Crippen LogP) is 3.28. The summed E-state index contributed by atoms with van der Waals surface area (Å²) in [6, 6.07) is 13.3. The Bertz CT molecular complexity index is 862. The van der Waals surface area contributed by atoms with Crippen LogP contribution in [0.4, 0.5) is 5.69 Å². The second-order valence-corrected chi connectivity index (χ2v) is 8.85. The molecule has 0 atom stereocenters. The zero-order valence-corrected chi connectivity index (χ0v) is 16.7. The Morgan fingerprint density at radius 2 is 1.76 bits per heavy atom. The summed E-state index contributed by atoms with van der Waals surface area (Å²) in [6.07, 6.45) is 0. The summed E-state index contributed by atoms with van der Waals surface area (Å²) in [5.74, 6) is 0.365. The van der Waals surface area contributed by atoms with Crippen LogP contribution >= 0.6 is 15.9 Å². The molecule has 0 unspecified atom stereocenters. The van der Waals surface area contributed by atoms with E-state index >= 15 is 0 Å². The van der Waals surface area contributed by atoms with Gasteiger partial charge in [-0.15, -0.1) is 0 Å². The smallest absolute Gasteiger partial charge is 0.246 e. The maximum Gasteiger partial charge on any atom is 0.246 e. The van der Waals surface area contributed by atoms with Gasteiger partial charge >= 0.3 is 0 Å². The lowest BCUT2D eigenvalue weighted by atomic mass is 10.2. The topological polar surface area (TPSA) is 49.9 Å². The molecule has 1 fully saturated rings. The van der Waals surface area contributed by atoms with Crippen molar-refractivity contribution in [3.8, 4) is 5.75 Å². The van der Waals surface area contributed by atoms with E-state index < -0.39 is 10.0 Å². The number of sulfonamides is 1. The molecule has 25 heavy (non-hydrogen) atoms. The second-order valence-electron chi connectivity index (χ2n) is 6.03. The van der Waals surface area contributed by atoms with Crippen LogP contribution in [0.2, 0.25) is 0 Å². The minimum absolute atomic E-state index is 0.202. The summed E-state index contributed by atoms with van der Waals surface area (Å²) >= 11 is 3.34. The quantitative estimate of drug-likeness (QED) is 0.755. The summed E-state index contributed by atoms with van der Waals surface area (Å²) in [4.78, 5) is 2.42. The molecule has 1 saturated heterocycles. The Morgan fingerprint density at radius 1 is 1.04 bits per heavy atom. The van der Waals surface area contributed by atoms with Crippen molar-refractivity contribution >= 4 is 31.6 Å². The Labute approximate surface area is 157 Å². The summed E-state index contributed by atoms with van der Waals surface area (Å²) in [6.45, 7) is 4.29. The first-order chi connectivity index (χ1) is 11.9. The summed E-state index contributed by atoms with van der Waals surface area (Å²) in [5, 5.41) is 0. The third-order valence-electron chi connectivity index (χ3n) is 4.35. The lowest BCUT2D eigenvalue weighted by molar-refractivity contribution is 0.374. The summed E-state index contributed by atoms with van der Waals surface area (Å²) in [5.41, 5.74) is 2.34. The number of methoxy groups -OCH3 is 1. The zero-order valence-electron chi connectivity index (χ0n) is 14.3. The van der Waals surface area contributed by atoms with Crippen molar-refractivity contribution in [1.82, 2.24) is 4.31 Å². The molecule has 1 aliphatic heterocycles. The maximum absolute atomic E-state index is 13.0. The fourth-order valence-corrected chi connectivity index (χ4v) is 5.12. The van der Waals surface area contributed by atoms with Gasteiger partial charge in [-0.25, -0.2) is 8.42 Å². The molecule has 0 radical (unpaired) electrons. The number of ether oxygens (including phenoxy) is 1. The average Bonchev–Trinajstić information content (AvgIpc) is 2.62. The van der Waals surface area contributed by atoms with E-state index in [0.29, 0.717) is 36.4 Å². The van der Waals surface area contributed by atoms with Crippen molar-refractivity contribution in [2.75, 3.05) is 38.2 Å². The number of nitrogens with zero attached hydrogens (tertiary/aromatic N) is 2. The van der Waals surface area contributed by atoms with E-state index in [1.54, 1.807) is 18.2 Å². The van der Waals surface area contributed by atoms with Crippen LogP contribution in [0.15, 0.2) is 51.8 Å². The molecule has 0 aromatic heterocycles. The highest BCUT2D eigenvalue weighted by Gasteiger charge is 2.31. The highest BCUT2D eigenvalue weighted by Crippen LogP contribution is 2.30. The molecule has 1 heterocycles. The Kier molecular flexibility index (Phi) is 5.36. The average molecular weight is 425 g/mol. The van der Waals surface area contributed by atoms with Gasteiger partial charge in [-0.3, -0.25) is 0 Å². The molecule has 2 aromatic carbocycles. The van der Waals surface area contributed by atoms with E-state index in [1.165, 1.54) is 17.0 Å². The standard InChI is InChI=1S/C18H21BrN2O3S/c1-14-4-3-5-16(12-14)20-8-10-21(11-9-20)25(22,23)18-13-15(19)6-7-17(18)24-2/h3-7,12-13H,8-11H2,1-2H3. The molecule has 0 saturated carbocycles. The van der Waals surface area contributed by atoms with Crippen LogP contribution in [-0.4, -0.2) is 46.0 Å². The van der Waals surface area contributed by atoms with Crippen LogP contribution in [0.5, 0.6) is 5.75 Å². The van der Waals surface area contributed by atoms with Crippen LogP contribution < -0.4 is 9.64 Å². The van der Waals surface area contributed by atoms with Crippen LogP contribution in [0.3, 0.4) is 0 Å². The van der Waals surface area contributed by atoms with Gasteiger partial charge in [-0.2, -0.15) is 4.31 Å². The monoisotopic (exact) mass is 424 g/mol. The van der Waals surface area contributed by atoms with Gasteiger partial charge < -0.3 is 9.64 Å². The van der Waals surface area contributed by atoms with E-state index in [0.717, 1.165) is 5.69 Å². The molecule has 3 rings (SSSR count). The van der Waals surface area contributed by atoms with E-state index in [1.807, 2.05) is 6.07 Å². The van der Waals surface area contributed by atoms with Gasteiger partial charge in [-0.05, 0) is 42.8 Å². The number of anilines is 1. The lowest BCUT2D eigenvalue weighted by Gasteiger charge is -2.35. The zero-order chi connectivity index (χ0) is 18.0. The number of aryl methyl sites for hydroxylation is 1. The molecule has 0 bridgehead atoms. The minimum atomic E-state index is -3.59. The number of piperazine rings is 1. The van der Waals surface area contributed by atoms with Gasteiger partial charge in [0.2, 0.25) is 10.0 Å². The van der Waals surface area contributed by atoms with Gasteiger partial charge in [0, 0.05) is 36.3 Å². The highest BCUT2D eigenvalue weighted by atomic mass is 79.9. The van der Waals surface area contributed by atoms with Crippen LogP contribution in [0, 0.1) is 6.92 Å². The van der Waals surface area contributed by atoms with Crippen LogP contribution in [0.1, 0.15) is 5.56 Å². The maximum atomic E-state index is 13.0. The molecule has 0 amide bonds. The van der Waals surface area contributed by atoms with Crippen LogP contribution in [-0.2, 0) is 10.0 Å². The van der Waals surface area contributed by atoms with Gasteiger partial charge in [0.15, 0.2) is 0 Å². The first-order valence-electron chi connectivity index (χ1n) is 8.07. The van der Waals surface area contributed by atoms with E-state index in [9.17, 15) is 8.42 Å². The minimum Gasteiger partial charge on any atom is -0.495 e. The summed E-state index contributed by atoms with van der Waals surface area (Å²) in [7, 11) is -2.11. The number of rotatable bonds is 4. The molecule has 0 aliphatic carbocycles. The van der Waals surface area contributed by atoms with Crippen LogP contribution in [0.25, 0.3) is 0 Å². The molecular formula is C18H21BrN2O3S. The van der Waals surface area contributed by atoms with E-state index in [4.69, 9.17) is 4.74 Å². The molecule has 0 spiro atoms. The number of hydrogen-bond donors (Lipinski definition) is 0. The van der Waals surface area contributed by atoms with Gasteiger partial charge in [-0.1, -0.05) is 28.1 Å². The normalized spacial score (nSPS) is 16.0. The molecular weight excluding hydrogens is 404 g/mol. The first-order valence-corrected chi connectivity index (χ1v) is 10.3. The molecule has 0 N–H and O–H groups in total. The molecule has 134 valence electrons. The fraction of sp³-hybridized carbons (Fsp3) is 0.333. The van der Waals surface area contributed by atoms with Gasteiger partial charge in [0.1, 0.15) is 10.6 Å².